The van der Waals surface area contributed by atoms with Gasteiger partial charge in [0.1, 0.15) is 5.75 Å². The average Bonchev–Trinajstić information content (AvgIpc) is 2.45. The average molecular weight is 280 g/mol. The van der Waals surface area contributed by atoms with Crippen molar-refractivity contribution < 1.29 is 9.47 Å². The Morgan fingerprint density at radius 3 is 2.55 bits per heavy atom. The van der Waals surface area contributed by atoms with E-state index in [-0.39, 0.29) is 5.60 Å². The highest BCUT2D eigenvalue weighted by Crippen LogP contribution is 2.18. The molecule has 0 bridgehead atoms. The highest BCUT2D eigenvalue weighted by Gasteiger charge is 2.16. The van der Waals surface area contributed by atoms with Gasteiger partial charge in [-0.3, -0.25) is 4.98 Å². The molecule has 0 saturated heterocycles. The molecule has 0 saturated carbocycles. The summed E-state index contributed by atoms with van der Waals surface area (Å²) in [5.74, 6) is 0.812. The number of nitrogens with one attached hydrogen (secondary N) is 1. The second-order valence-corrected chi connectivity index (χ2v) is 5.50. The molecule has 0 radical (unpaired) electrons. The Morgan fingerprint density at radius 2 is 2.05 bits per heavy atom. The number of rotatable bonds is 9. The SMILES string of the molecule is CCNC(CC)c1ccc(OCCC(C)(C)OC)cn1. The maximum atomic E-state index is 5.71. The molecule has 114 valence electrons. The molecular formula is C16H28N2O2. The molecule has 0 aliphatic carbocycles. The van der Waals surface area contributed by atoms with Crippen LogP contribution in [0.4, 0.5) is 0 Å². The van der Waals surface area contributed by atoms with Crippen molar-refractivity contribution in [2.45, 2.75) is 52.2 Å². The Bertz CT molecular complexity index is 377. The predicted octanol–water partition coefficient (Wildman–Crippen LogP) is 3.34. The number of nitrogens with zero attached hydrogens (tertiary/aromatic N) is 1. The van der Waals surface area contributed by atoms with Gasteiger partial charge in [0.2, 0.25) is 0 Å². The Labute approximate surface area is 122 Å². The largest absolute Gasteiger partial charge is 0.492 e. The van der Waals surface area contributed by atoms with Crippen molar-refractivity contribution in [2.75, 3.05) is 20.3 Å². The highest BCUT2D eigenvalue weighted by molar-refractivity contribution is 5.21. The topological polar surface area (TPSA) is 43.4 Å². The van der Waals surface area contributed by atoms with Gasteiger partial charge in [-0.1, -0.05) is 13.8 Å². The second kappa shape index (κ2) is 8.22. The monoisotopic (exact) mass is 280 g/mol. The molecule has 1 aromatic rings. The first-order valence-corrected chi connectivity index (χ1v) is 7.39. The van der Waals surface area contributed by atoms with Gasteiger partial charge in [-0.25, -0.2) is 0 Å². The van der Waals surface area contributed by atoms with E-state index in [0.29, 0.717) is 12.6 Å². The lowest BCUT2D eigenvalue weighted by molar-refractivity contribution is 0.00542. The van der Waals surface area contributed by atoms with Crippen LogP contribution < -0.4 is 10.1 Å². The van der Waals surface area contributed by atoms with Crippen molar-refractivity contribution in [1.82, 2.24) is 10.3 Å². The summed E-state index contributed by atoms with van der Waals surface area (Å²) in [6.45, 7) is 9.96. The van der Waals surface area contributed by atoms with Crippen molar-refractivity contribution in [2.24, 2.45) is 0 Å². The van der Waals surface area contributed by atoms with E-state index < -0.39 is 0 Å². The number of pyridine rings is 1. The van der Waals surface area contributed by atoms with E-state index in [0.717, 1.165) is 30.8 Å². The van der Waals surface area contributed by atoms with E-state index in [1.54, 1.807) is 13.3 Å². The summed E-state index contributed by atoms with van der Waals surface area (Å²) >= 11 is 0. The summed E-state index contributed by atoms with van der Waals surface area (Å²) in [5.41, 5.74) is 0.921. The van der Waals surface area contributed by atoms with Gasteiger partial charge in [0.25, 0.3) is 0 Å². The number of ether oxygens (including phenoxy) is 2. The van der Waals surface area contributed by atoms with Crippen LogP contribution in [0.25, 0.3) is 0 Å². The van der Waals surface area contributed by atoms with Crippen molar-refractivity contribution in [3.05, 3.63) is 24.0 Å². The predicted molar refractivity (Wildman–Crippen MR) is 82.1 cm³/mol. The van der Waals surface area contributed by atoms with E-state index in [1.165, 1.54) is 0 Å². The first kappa shape index (κ1) is 16.9. The number of aromatic nitrogens is 1. The molecule has 1 atom stereocenters. The van der Waals surface area contributed by atoms with Crippen LogP contribution in [-0.4, -0.2) is 30.8 Å². The molecule has 4 heteroatoms. The number of hydrogen-bond donors (Lipinski definition) is 1. The van der Waals surface area contributed by atoms with Gasteiger partial charge >= 0.3 is 0 Å². The fourth-order valence-corrected chi connectivity index (χ4v) is 1.90. The zero-order chi connectivity index (χ0) is 15.0. The maximum Gasteiger partial charge on any atom is 0.137 e. The third-order valence-electron chi connectivity index (χ3n) is 3.50. The van der Waals surface area contributed by atoms with Crippen LogP contribution in [0.1, 0.15) is 52.3 Å². The first-order valence-electron chi connectivity index (χ1n) is 7.39. The van der Waals surface area contributed by atoms with Crippen LogP contribution in [0.3, 0.4) is 0 Å². The summed E-state index contributed by atoms with van der Waals surface area (Å²) in [6, 6.07) is 4.34. The quantitative estimate of drug-likeness (QED) is 0.753. The van der Waals surface area contributed by atoms with Gasteiger partial charge in [0.05, 0.1) is 24.1 Å². The van der Waals surface area contributed by atoms with Gasteiger partial charge in [-0.05, 0) is 38.9 Å². The van der Waals surface area contributed by atoms with Gasteiger partial charge in [0.15, 0.2) is 0 Å². The van der Waals surface area contributed by atoms with E-state index in [9.17, 15) is 0 Å². The molecule has 1 rings (SSSR count). The summed E-state index contributed by atoms with van der Waals surface area (Å²) in [7, 11) is 1.72. The van der Waals surface area contributed by atoms with E-state index in [2.05, 4.69) is 38.0 Å². The van der Waals surface area contributed by atoms with Gasteiger partial charge in [-0.15, -0.1) is 0 Å². The van der Waals surface area contributed by atoms with Crippen LogP contribution in [0, 0.1) is 0 Å². The zero-order valence-corrected chi connectivity index (χ0v) is 13.4. The fourth-order valence-electron chi connectivity index (χ4n) is 1.90. The number of hydrogen-bond acceptors (Lipinski definition) is 4. The lowest BCUT2D eigenvalue weighted by Crippen LogP contribution is -2.25. The minimum Gasteiger partial charge on any atom is -0.492 e. The fraction of sp³-hybridized carbons (Fsp3) is 0.688. The molecule has 1 heterocycles. The Balaban J connectivity index is 2.50. The van der Waals surface area contributed by atoms with Crippen molar-refractivity contribution >= 4 is 0 Å². The summed E-state index contributed by atoms with van der Waals surface area (Å²) in [6.07, 6.45) is 3.68. The molecule has 0 spiro atoms. The summed E-state index contributed by atoms with van der Waals surface area (Å²) < 4.78 is 11.1. The molecule has 20 heavy (non-hydrogen) atoms. The molecule has 0 amide bonds. The van der Waals surface area contributed by atoms with Crippen LogP contribution in [0.2, 0.25) is 0 Å². The maximum absolute atomic E-state index is 5.71. The van der Waals surface area contributed by atoms with Crippen molar-refractivity contribution in [3.63, 3.8) is 0 Å². The molecule has 1 N–H and O–H groups in total. The zero-order valence-electron chi connectivity index (χ0n) is 13.4. The Kier molecular flexibility index (Phi) is 6.96. The van der Waals surface area contributed by atoms with Crippen molar-refractivity contribution in [1.29, 1.82) is 0 Å². The summed E-state index contributed by atoms with van der Waals surface area (Å²) in [4.78, 5) is 4.48. The Hall–Kier alpha value is -1.13. The smallest absolute Gasteiger partial charge is 0.137 e. The van der Waals surface area contributed by atoms with Gasteiger partial charge in [0, 0.05) is 19.6 Å². The summed E-state index contributed by atoms with van der Waals surface area (Å²) in [5, 5.41) is 3.42. The molecule has 0 aromatic carbocycles. The molecule has 0 aliphatic heterocycles. The molecular weight excluding hydrogens is 252 g/mol. The van der Waals surface area contributed by atoms with Crippen LogP contribution in [0.15, 0.2) is 18.3 Å². The minimum atomic E-state index is -0.147. The third-order valence-corrected chi connectivity index (χ3v) is 3.50. The third kappa shape index (κ3) is 5.47. The van der Waals surface area contributed by atoms with Gasteiger partial charge in [-0.2, -0.15) is 0 Å². The first-order chi connectivity index (χ1) is 9.52. The van der Waals surface area contributed by atoms with Crippen molar-refractivity contribution in [3.8, 4) is 5.75 Å². The van der Waals surface area contributed by atoms with Crippen LogP contribution >= 0.6 is 0 Å². The van der Waals surface area contributed by atoms with E-state index >= 15 is 0 Å². The molecule has 1 unspecified atom stereocenters. The van der Waals surface area contributed by atoms with Crippen LogP contribution in [0.5, 0.6) is 5.75 Å². The van der Waals surface area contributed by atoms with Gasteiger partial charge < -0.3 is 14.8 Å². The molecule has 0 aliphatic rings. The lowest BCUT2D eigenvalue weighted by Gasteiger charge is -2.22. The van der Waals surface area contributed by atoms with E-state index in [4.69, 9.17) is 9.47 Å². The minimum absolute atomic E-state index is 0.147. The van der Waals surface area contributed by atoms with Crippen LogP contribution in [-0.2, 0) is 4.74 Å². The molecule has 1 aromatic heterocycles. The lowest BCUT2D eigenvalue weighted by atomic mass is 10.1. The normalized spacial score (nSPS) is 13.2. The molecule has 4 nitrogen and oxygen atoms in total. The highest BCUT2D eigenvalue weighted by atomic mass is 16.5. The Morgan fingerprint density at radius 1 is 1.30 bits per heavy atom. The number of methoxy groups -OCH3 is 1. The van der Waals surface area contributed by atoms with E-state index in [1.807, 2.05) is 12.1 Å². The molecule has 0 fully saturated rings. The second-order valence-electron chi connectivity index (χ2n) is 5.50. The standard InChI is InChI=1S/C16H28N2O2/c1-6-14(17-7-2)15-9-8-13(12-18-15)20-11-10-16(3,4)19-5/h8-9,12,14,17H,6-7,10-11H2,1-5H3.